The molecule has 6 aliphatic rings. The molecular formula is C73H98N22O38P5S4-5. The fraction of sp³-hybridized carbons (Fsp3) is 0.630. The molecule has 782 valence electrons. The van der Waals surface area contributed by atoms with Gasteiger partial charge in [-0.1, -0.05) is 42.3 Å². The van der Waals surface area contributed by atoms with Crippen LogP contribution in [-0.2, 0) is 168 Å². The molecule has 142 heavy (non-hydrogen) atoms. The van der Waals surface area contributed by atoms with E-state index >= 15 is 18.9 Å². The summed E-state index contributed by atoms with van der Waals surface area (Å²) in [5, 5.41) is 11.8. The van der Waals surface area contributed by atoms with Crippen molar-refractivity contribution in [2.45, 2.75) is 182 Å². The minimum atomic E-state index is -6.13. The second kappa shape index (κ2) is 46.0. The predicted octanol–water partition coefficient (Wildman–Crippen LogP) is -4.35. The van der Waals surface area contributed by atoms with Crippen LogP contribution in [0.1, 0.15) is 80.2 Å². The van der Waals surface area contributed by atoms with Gasteiger partial charge in [0.15, 0.2) is 65.5 Å². The minimum absolute atomic E-state index is 0.00922. The summed E-state index contributed by atoms with van der Waals surface area (Å²) in [5.41, 5.74) is 17.7. The van der Waals surface area contributed by atoms with Gasteiger partial charge in [0.1, 0.15) is 130 Å². The van der Waals surface area contributed by atoms with E-state index in [0.29, 0.717) is 5.56 Å². The molecule has 60 nitrogen and oxygen atoms in total. The fourth-order valence-electron chi connectivity index (χ4n) is 16.3. The third-order valence-electron chi connectivity index (χ3n) is 23.1. The molecule has 0 aromatic carbocycles. The van der Waals surface area contributed by atoms with Crippen LogP contribution in [0.4, 0.5) is 23.5 Å². The number of hydrogen-bond acceptors (Lipinski definition) is 54. The fourth-order valence-corrected chi connectivity index (χ4v) is 23.1. The van der Waals surface area contributed by atoms with Gasteiger partial charge in [0, 0.05) is 76.6 Å². The van der Waals surface area contributed by atoms with Crippen molar-refractivity contribution in [3.05, 3.63) is 133 Å². The molecule has 0 spiro atoms. The zero-order valence-corrected chi connectivity index (χ0v) is 83.8. The van der Waals surface area contributed by atoms with Crippen LogP contribution in [0, 0.1) is 20.8 Å². The highest BCUT2D eigenvalue weighted by Crippen LogP contribution is 2.56. The Balaban J connectivity index is 0.704. The zero-order chi connectivity index (χ0) is 102. The van der Waals surface area contributed by atoms with Crippen molar-refractivity contribution < 1.29 is 145 Å². The molecule has 6 fully saturated rings. The number of nitrogens with two attached hydrogens (primary N) is 4. The third kappa shape index (κ3) is 25.0. The summed E-state index contributed by atoms with van der Waals surface area (Å²) in [7, 11) is -0.821. The van der Waals surface area contributed by atoms with Crippen LogP contribution >= 0.6 is 34.8 Å². The number of H-pyrrole nitrogens is 4. The lowest BCUT2D eigenvalue weighted by Gasteiger charge is -2.37. The van der Waals surface area contributed by atoms with Crippen LogP contribution in [0.3, 0.4) is 0 Å². The summed E-state index contributed by atoms with van der Waals surface area (Å²) in [6, 6.07) is 0. The number of imidazole rings is 3. The third-order valence-corrected chi connectivity index (χ3v) is 30.2. The van der Waals surface area contributed by atoms with E-state index in [1.165, 1.54) is 81.2 Å². The molecule has 15 heterocycles. The first kappa shape index (κ1) is 108. The number of aliphatic hydroxyl groups excluding tert-OH is 1. The highest BCUT2D eigenvalue weighted by molar-refractivity contribution is 8.32. The van der Waals surface area contributed by atoms with Gasteiger partial charge >= 0.3 is 17.1 Å². The van der Waals surface area contributed by atoms with Gasteiger partial charge < -0.3 is 171 Å². The van der Waals surface area contributed by atoms with Crippen molar-refractivity contribution in [3.63, 3.8) is 0 Å². The standard InChI is InChI=1S/C73H103N22O38P5S4/c1-9-35-36(18-43(123-35)93-29-81-46-59(93)84-69(76)86-63(46)99)129-135(106,139)119-23-38-37(19-44(124-38)94-30-82-47-60(94)85-70(77)87-64(47)100)130-136(107,140)121-26-41-49(53(115-15-11-111-6)68(128-41)95-31-80-45-57(75)78-28-79-58(45)95)131-134(104,105)118-25-40-50(54(116-16-12-112-7)66(126-40)91-21-33(3)61(97)88-72(91)102)132-138(109,142)122-27-42-51(55(117-17-13-113-8)67(127-42)92-22-34(4)62(98)89-73(92)103)133-137(108,141)120-24-39-48(96)52(114-14-10-110-5)65(125-39)90-20-32(2)56(74)83-71(90)101/h20-22,28-31,35-44,48-55,65-68,96H,9-19,23-27H2,1-8H3,(H,104,105)(H,106,139)(H,107,140)(H,108,141)(H,109,142)(H2,74,83,101)(H2,75,78,79)(H,88,97,102)(H,89,98,103)(H3,76,84,86,99)(H3,77,85,87,100)/p-5/t35-,36?,37?,38-,39-,40-,41-,42-,43-,44-,48?,49?,50?,51?,52+,53+,54+,55+,65-,66-,67-,68-,135?,136?,137?,138?/m1/s1. The number of anilines is 4. The van der Waals surface area contributed by atoms with Crippen molar-refractivity contribution in [1.29, 1.82) is 0 Å². The minimum Gasteiger partial charge on any atom is -0.780 e. The Morgan fingerprint density at radius 1 is 0.430 bits per heavy atom. The smallest absolute Gasteiger partial charge is 0.351 e. The number of aromatic amines is 4. The van der Waals surface area contributed by atoms with E-state index in [1.54, 1.807) is 13.8 Å². The zero-order valence-electron chi connectivity index (χ0n) is 76.0. The average Bonchev–Trinajstić information content (AvgIpc) is 1.60. The van der Waals surface area contributed by atoms with Gasteiger partial charge in [-0.2, -0.15) is 15.0 Å². The first-order valence-electron chi connectivity index (χ1n) is 43.1. The molecule has 0 aliphatic carbocycles. The number of nitrogens with one attached hydrogen (secondary N) is 4. The number of methoxy groups -OCH3 is 4. The summed E-state index contributed by atoms with van der Waals surface area (Å²) in [5.74, 6) is -0.758. The molecule has 9 aromatic heterocycles. The van der Waals surface area contributed by atoms with E-state index in [1.807, 2.05) is 0 Å². The quantitative estimate of drug-likeness (QED) is 0.00989. The van der Waals surface area contributed by atoms with Gasteiger partial charge in [0.25, 0.3) is 30.1 Å². The van der Waals surface area contributed by atoms with Crippen molar-refractivity contribution in [2.75, 3.05) is 137 Å². The van der Waals surface area contributed by atoms with E-state index < -0.39 is 249 Å². The summed E-state index contributed by atoms with van der Waals surface area (Å²) in [6.07, 6.45) is -26.9. The largest absolute Gasteiger partial charge is 0.780 e. The number of aromatic nitrogens is 18. The van der Waals surface area contributed by atoms with Gasteiger partial charge in [-0.25, -0.2) is 39.3 Å². The normalized spacial score (nSPS) is 29.1. The summed E-state index contributed by atoms with van der Waals surface area (Å²) in [4.78, 5) is 195. The molecule has 0 bridgehead atoms. The Kier molecular flexibility index (Phi) is 35.1. The van der Waals surface area contributed by atoms with E-state index in [2.05, 4.69) is 59.8 Å². The monoisotopic (exact) mass is 2170 g/mol. The maximum absolute atomic E-state index is 15.5. The van der Waals surface area contributed by atoms with E-state index in [-0.39, 0.29) is 134 Å². The number of fused-ring (bicyclic) bond motifs is 3. The molecule has 27 atom stereocenters. The van der Waals surface area contributed by atoms with Crippen molar-refractivity contribution in [3.8, 4) is 0 Å². The van der Waals surface area contributed by atoms with E-state index in [4.69, 9.17) is 182 Å². The number of hydrogen-bond donors (Lipinski definition) is 9. The van der Waals surface area contributed by atoms with E-state index in [0.717, 1.165) is 32.4 Å². The summed E-state index contributed by atoms with van der Waals surface area (Å²) < 4.78 is 181. The highest BCUT2D eigenvalue weighted by atomic mass is 32.7. The maximum Gasteiger partial charge on any atom is 0.351 e. The first-order chi connectivity index (χ1) is 67.5. The lowest BCUT2D eigenvalue weighted by Crippen LogP contribution is -2.43. The van der Waals surface area contributed by atoms with E-state index in [9.17, 15) is 48.5 Å². The van der Waals surface area contributed by atoms with Crippen LogP contribution < -0.4 is 81.8 Å². The Bertz CT molecular complexity index is 6720. The highest BCUT2D eigenvalue weighted by Gasteiger charge is 2.56. The topological polar surface area (TPSA) is 788 Å². The average molecular weight is 2170 g/mol. The molecule has 15 rings (SSSR count). The number of nitrogens with zero attached hydrogens (tertiary/aromatic N) is 14. The van der Waals surface area contributed by atoms with Crippen LogP contribution in [0.25, 0.3) is 33.5 Å². The number of phosphoric ester groups is 1. The van der Waals surface area contributed by atoms with Crippen LogP contribution in [0.5, 0.6) is 0 Å². The molecule has 6 aliphatic heterocycles. The number of ether oxygens (including phenoxy) is 14. The molecule has 0 radical (unpaired) electrons. The Labute approximate surface area is 820 Å². The molecule has 11 unspecified atom stereocenters. The maximum atomic E-state index is 15.5. The van der Waals surface area contributed by atoms with Crippen molar-refractivity contribution >= 4 is 139 Å². The van der Waals surface area contributed by atoms with Crippen LogP contribution in [0.2, 0.25) is 0 Å². The first-order valence-corrected chi connectivity index (χ1v) is 54.8. The second-order valence-corrected chi connectivity index (χ2v) is 44.7. The van der Waals surface area contributed by atoms with Gasteiger partial charge in [-0.05, 0) is 27.2 Å². The van der Waals surface area contributed by atoms with Crippen LogP contribution in [-0.4, -0.2) is 304 Å². The predicted molar refractivity (Wildman–Crippen MR) is 490 cm³/mol. The van der Waals surface area contributed by atoms with Gasteiger partial charge in [-0.3, -0.25) is 75.6 Å². The summed E-state index contributed by atoms with van der Waals surface area (Å²) >= 11 is 22.3. The van der Waals surface area contributed by atoms with Gasteiger partial charge in [0.2, 0.25) is 11.9 Å². The van der Waals surface area contributed by atoms with Gasteiger partial charge in [-0.15, -0.1) is 0 Å². The molecule has 6 saturated heterocycles. The SMILES string of the molecule is CC[C@H]1O[C@@H](n2cnc3c(=O)[nH]c(N)nc32)CC1OP([O-])(=S)OC[C@H]1O[C@@H](n2cnc3c(=O)[nH]c(N)nc32)CC1OP(=O)([S-])OC[C@H]1O[C@@H](n2cnc3c(N)ncnc32)[C@@H](OCCOC)C1OP(=O)([O-])OC[C@H]1O[C@@H](n2cc(C)c(=O)[nH]c2=O)[C@@H](OCCOC)C1OP([O-])(=S)OC[C@H]1O[C@@H](n2cc(C)c(=O)[nH]c2=O)[C@@H](OCCOC)C1OP([O-])(=S)OC[C@H]1O[C@@H](n2cc(C)c(N)nc2=O)[C@@H](OCCOC)C1O. The lowest BCUT2D eigenvalue weighted by molar-refractivity contribution is -0.238. The molecule has 69 heteroatoms. The lowest BCUT2D eigenvalue weighted by atomic mass is 10.1. The number of nitrogen functional groups attached to an aromatic ring is 4. The number of phosphoric acid groups is 1. The molecule has 13 N–H and O–H groups in total. The summed E-state index contributed by atoms with van der Waals surface area (Å²) in [6.45, 7) is -21.2. The number of aliphatic hydroxyl groups is 1. The second-order valence-electron chi connectivity index (χ2n) is 32.5. The number of rotatable bonds is 48. The Morgan fingerprint density at radius 2 is 0.831 bits per heavy atom. The number of aryl methyl sites for hydroxylation is 3. The molecule has 0 amide bonds. The van der Waals surface area contributed by atoms with Crippen LogP contribution in [0.15, 0.2) is 77.5 Å². The van der Waals surface area contributed by atoms with Gasteiger partial charge in [0.05, 0.1) is 123 Å². The Hall–Kier alpha value is -7.71. The van der Waals surface area contributed by atoms with Crippen molar-refractivity contribution in [2.24, 2.45) is 0 Å². The molecule has 0 saturated carbocycles. The molecular weight excluding hydrogens is 2080 g/mol. The van der Waals surface area contributed by atoms with Crippen molar-refractivity contribution in [1.82, 2.24) is 87.2 Å². The molecule has 9 aromatic rings. The Morgan fingerprint density at radius 3 is 1.32 bits per heavy atom.